The molecule has 1 amide bonds. The second kappa shape index (κ2) is 9.86. The van der Waals surface area contributed by atoms with Gasteiger partial charge in [-0.3, -0.25) is 4.79 Å². The molecule has 2 aromatic rings. The number of alkyl halides is 3. The van der Waals surface area contributed by atoms with E-state index in [2.05, 4.69) is 5.32 Å². The highest BCUT2D eigenvalue weighted by molar-refractivity contribution is 6.34. The molecule has 0 saturated carbocycles. The molecule has 0 radical (unpaired) electrons. The van der Waals surface area contributed by atoms with Crippen LogP contribution in [0, 0.1) is 0 Å². The predicted octanol–water partition coefficient (Wildman–Crippen LogP) is 3.95. The van der Waals surface area contributed by atoms with Crippen molar-refractivity contribution < 1.29 is 32.5 Å². The fourth-order valence-electron chi connectivity index (χ4n) is 2.01. The van der Waals surface area contributed by atoms with Crippen LogP contribution in [-0.2, 0) is 11.0 Å². The third-order valence-corrected chi connectivity index (χ3v) is 3.96. The van der Waals surface area contributed by atoms with Crippen LogP contribution in [-0.4, -0.2) is 36.9 Å². The third kappa shape index (κ3) is 7.10. The molecule has 2 aromatic carbocycles. The third-order valence-electron chi connectivity index (χ3n) is 3.41. The lowest BCUT2D eigenvalue weighted by molar-refractivity contribution is -0.137. The zero-order valence-corrected chi connectivity index (χ0v) is 15.8. The van der Waals surface area contributed by atoms with Gasteiger partial charge in [0.2, 0.25) is 0 Å². The maximum Gasteiger partial charge on any atom is 0.416 e. The van der Waals surface area contributed by atoms with E-state index >= 15 is 0 Å². The zero-order valence-electron chi connectivity index (χ0n) is 14.3. The monoisotopic (exact) mass is 437 g/mol. The van der Waals surface area contributed by atoms with E-state index in [0.717, 1.165) is 24.3 Å². The first-order valence-electron chi connectivity index (χ1n) is 7.98. The molecular weight excluding hydrogens is 422 g/mol. The second-order valence-corrected chi connectivity index (χ2v) is 6.50. The van der Waals surface area contributed by atoms with Crippen molar-refractivity contribution in [3.8, 4) is 11.5 Å². The van der Waals surface area contributed by atoms with Gasteiger partial charge in [-0.2, -0.15) is 13.2 Å². The number of carbonyl (C=O) groups is 1. The highest BCUT2D eigenvalue weighted by Crippen LogP contribution is 2.30. The summed E-state index contributed by atoms with van der Waals surface area (Å²) in [4.78, 5) is 11.8. The Labute approximate surface area is 169 Å². The molecule has 10 heteroatoms. The number of benzene rings is 2. The van der Waals surface area contributed by atoms with E-state index in [1.807, 2.05) is 0 Å². The fourth-order valence-corrected chi connectivity index (χ4v) is 2.34. The standard InChI is InChI=1S/C18H16Cl2F3NO4/c19-12-3-6-15(20)16(7-12)28-10-17(26)24-8-13(25)9-27-14-4-1-11(2-5-14)18(21,22)23/h1-7,13,25H,8-10H2,(H,24,26)/t13-/m1/s1. The van der Waals surface area contributed by atoms with Gasteiger partial charge in [0.25, 0.3) is 5.91 Å². The molecule has 0 bridgehead atoms. The molecule has 0 fully saturated rings. The van der Waals surface area contributed by atoms with Crippen LogP contribution in [0.3, 0.4) is 0 Å². The Kier molecular flexibility index (Phi) is 7.79. The molecule has 0 aromatic heterocycles. The maximum atomic E-state index is 12.5. The van der Waals surface area contributed by atoms with Crippen LogP contribution in [0.2, 0.25) is 10.0 Å². The van der Waals surface area contributed by atoms with Crippen LogP contribution in [0.4, 0.5) is 13.2 Å². The van der Waals surface area contributed by atoms with Crippen molar-refractivity contribution in [1.82, 2.24) is 5.32 Å². The average molecular weight is 438 g/mol. The minimum atomic E-state index is -4.43. The summed E-state index contributed by atoms with van der Waals surface area (Å²) in [6, 6.07) is 8.62. The number of carbonyl (C=O) groups excluding carboxylic acids is 1. The number of ether oxygens (including phenoxy) is 2. The van der Waals surface area contributed by atoms with Gasteiger partial charge in [-0.15, -0.1) is 0 Å². The van der Waals surface area contributed by atoms with Gasteiger partial charge in [0.15, 0.2) is 6.61 Å². The van der Waals surface area contributed by atoms with Gasteiger partial charge in [0.1, 0.15) is 24.2 Å². The quantitative estimate of drug-likeness (QED) is 0.655. The molecule has 0 aliphatic rings. The number of aliphatic hydroxyl groups is 1. The molecule has 28 heavy (non-hydrogen) atoms. The molecule has 0 spiro atoms. The summed E-state index contributed by atoms with van der Waals surface area (Å²) in [5, 5.41) is 12.9. The summed E-state index contributed by atoms with van der Waals surface area (Å²) >= 11 is 11.7. The van der Waals surface area contributed by atoms with Crippen molar-refractivity contribution in [2.45, 2.75) is 12.3 Å². The highest BCUT2D eigenvalue weighted by Gasteiger charge is 2.30. The van der Waals surface area contributed by atoms with E-state index in [-0.39, 0.29) is 31.3 Å². The Morgan fingerprint density at radius 3 is 2.43 bits per heavy atom. The summed E-state index contributed by atoms with van der Waals surface area (Å²) < 4.78 is 47.9. The summed E-state index contributed by atoms with van der Waals surface area (Å²) in [7, 11) is 0. The first-order chi connectivity index (χ1) is 13.1. The Morgan fingerprint density at radius 1 is 1.11 bits per heavy atom. The topological polar surface area (TPSA) is 67.8 Å². The van der Waals surface area contributed by atoms with Crippen LogP contribution in [0.1, 0.15) is 5.56 Å². The molecule has 152 valence electrons. The fraction of sp³-hybridized carbons (Fsp3) is 0.278. The van der Waals surface area contributed by atoms with Crippen LogP contribution < -0.4 is 14.8 Å². The van der Waals surface area contributed by atoms with Gasteiger partial charge in [0, 0.05) is 17.6 Å². The van der Waals surface area contributed by atoms with Gasteiger partial charge in [-0.1, -0.05) is 23.2 Å². The minimum absolute atomic E-state index is 0.133. The molecule has 5 nitrogen and oxygen atoms in total. The van der Waals surface area contributed by atoms with E-state index in [1.54, 1.807) is 6.07 Å². The highest BCUT2D eigenvalue weighted by atomic mass is 35.5. The number of nitrogens with one attached hydrogen (secondary N) is 1. The van der Waals surface area contributed by atoms with Gasteiger partial charge in [0.05, 0.1) is 10.6 Å². The van der Waals surface area contributed by atoms with E-state index in [1.165, 1.54) is 12.1 Å². The van der Waals surface area contributed by atoms with E-state index in [4.69, 9.17) is 32.7 Å². The molecule has 0 saturated heterocycles. The largest absolute Gasteiger partial charge is 0.491 e. The zero-order chi connectivity index (χ0) is 20.7. The average Bonchev–Trinajstić information content (AvgIpc) is 2.65. The molecular formula is C18H16Cl2F3NO4. The molecule has 0 aliphatic carbocycles. The molecule has 0 aliphatic heterocycles. The Morgan fingerprint density at radius 2 is 1.79 bits per heavy atom. The van der Waals surface area contributed by atoms with Crippen LogP contribution >= 0.6 is 23.2 Å². The van der Waals surface area contributed by atoms with Crippen molar-refractivity contribution in [2.24, 2.45) is 0 Å². The van der Waals surface area contributed by atoms with Gasteiger partial charge < -0.3 is 19.9 Å². The maximum absolute atomic E-state index is 12.5. The number of aliphatic hydroxyl groups excluding tert-OH is 1. The number of hydrogen-bond donors (Lipinski definition) is 2. The molecule has 0 unspecified atom stereocenters. The van der Waals surface area contributed by atoms with Crippen molar-refractivity contribution in [2.75, 3.05) is 19.8 Å². The Balaban J connectivity index is 1.71. The van der Waals surface area contributed by atoms with E-state index in [9.17, 15) is 23.1 Å². The van der Waals surface area contributed by atoms with Crippen molar-refractivity contribution in [3.05, 3.63) is 58.1 Å². The van der Waals surface area contributed by atoms with Gasteiger partial charge >= 0.3 is 6.18 Å². The van der Waals surface area contributed by atoms with Gasteiger partial charge in [-0.05, 0) is 36.4 Å². The lowest BCUT2D eigenvalue weighted by atomic mass is 10.2. The Hall–Kier alpha value is -2.16. The van der Waals surface area contributed by atoms with Crippen molar-refractivity contribution in [3.63, 3.8) is 0 Å². The van der Waals surface area contributed by atoms with Crippen molar-refractivity contribution in [1.29, 1.82) is 0 Å². The first-order valence-corrected chi connectivity index (χ1v) is 8.73. The van der Waals surface area contributed by atoms with Crippen LogP contribution in [0.15, 0.2) is 42.5 Å². The Bertz CT molecular complexity index is 800. The predicted molar refractivity (Wildman–Crippen MR) is 97.9 cm³/mol. The number of rotatable bonds is 8. The summed E-state index contributed by atoms with van der Waals surface area (Å²) in [6.45, 7) is -0.689. The molecule has 1 atom stereocenters. The van der Waals surface area contributed by atoms with E-state index in [0.29, 0.717) is 10.0 Å². The number of hydrogen-bond acceptors (Lipinski definition) is 4. The molecule has 2 rings (SSSR count). The summed E-state index contributed by atoms with van der Waals surface area (Å²) in [5.74, 6) is -0.0996. The first kappa shape index (κ1) is 22.1. The minimum Gasteiger partial charge on any atom is -0.491 e. The smallest absolute Gasteiger partial charge is 0.416 e. The summed E-state index contributed by atoms with van der Waals surface area (Å²) in [5.41, 5.74) is -0.799. The lowest BCUT2D eigenvalue weighted by Crippen LogP contribution is -2.37. The SMILES string of the molecule is O=C(COc1cc(Cl)ccc1Cl)NC[C@@H](O)COc1ccc(C(F)(F)F)cc1. The van der Waals surface area contributed by atoms with Gasteiger partial charge in [-0.25, -0.2) is 0 Å². The van der Waals surface area contributed by atoms with Crippen LogP contribution in [0.25, 0.3) is 0 Å². The van der Waals surface area contributed by atoms with Crippen LogP contribution in [0.5, 0.6) is 11.5 Å². The summed E-state index contributed by atoms with van der Waals surface area (Å²) in [6.07, 6.45) is -5.50. The molecule has 0 heterocycles. The second-order valence-electron chi connectivity index (χ2n) is 5.65. The lowest BCUT2D eigenvalue weighted by Gasteiger charge is -2.14. The molecule has 2 N–H and O–H groups in total. The van der Waals surface area contributed by atoms with E-state index < -0.39 is 23.8 Å². The number of amides is 1. The van der Waals surface area contributed by atoms with Crippen molar-refractivity contribution >= 4 is 29.1 Å². The number of halogens is 5. The normalized spacial score (nSPS) is 12.4.